The van der Waals surface area contributed by atoms with Crippen molar-refractivity contribution in [3.63, 3.8) is 0 Å². The van der Waals surface area contributed by atoms with Crippen LogP contribution in [0.1, 0.15) is 13.3 Å². The van der Waals surface area contributed by atoms with Crippen LogP contribution in [0.4, 0.5) is 5.69 Å². The van der Waals surface area contributed by atoms with Crippen molar-refractivity contribution in [2.24, 2.45) is 5.92 Å². The van der Waals surface area contributed by atoms with Gasteiger partial charge in [0.15, 0.2) is 5.12 Å². The van der Waals surface area contributed by atoms with Gasteiger partial charge in [0.1, 0.15) is 0 Å². The normalized spacial score (nSPS) is 19.3. The molecule has 2 heterocycles. The molecule has 0 radical (unpaired) electrons. The predicted octanol–water partition coefficient (Wildman–Crippen LogP) is 2.48. The van der Waals surface area contributed by atoms with Crippen molar-refractivity contribution >= 4 is 44.4 Å². The van der Waals surface area contributed by atoms with E-state index in [1.54, 1.807) is 24.2 Å². The summed E-state index contributed by atoms with van der Waals surface area (Å²) < 4.78 is 0.866. The number of thioether (sulfide) groups is 1. The number of aromatic nitrogens is 1. The number of pyridine rings is 1. The number of nitrogens with zero attached hydrogens (tertiary/aromatic N) is 2. The summed E-state index contributed by atoms with van der Waals surface area (Å²) in [5.74, 6) is 1.03. The second-order valence-corrected chi connectivity index (χ2v) is 6.26. The van der Waals surface area contributed by atoms with Crippen LogP contribution in [0.15, 0.2) is 22.9 Å². The predicted molar refractivity (Wildman–Crippen MR) is 75.5 cm³/mol. The molecule has 18 heavy (non-hydrogen) atoms. The first-order valence-electron chi connectivity index (χ1n) is 5.61. The molecular weight excluding hydrogens is 316 g/mol. The number of carbonyl (C=O) groups excluding carboxylic acids is 2. The molecule has 0 N–H and O–H groups in total. The molecule has 1 fully saturated rings. The van der Waals surface area contributed by atoms with Gasteiger partial charge in [0.2, 0.25) is 5.91 Å². The Morgan fingerprint density at radius 3 is 3.11 bits per heavy atom. The Kier molecular flexibility index (Phi) is 4.40. The Hall–Kier alpha value is -0.880. The average Bonchev–Trinajstić information content (AvgIpc) is 2.69. The van der Waals surface area contributed by atoms with Crippen LogP contribution in [0.2, 0.25) is 0 Å². The Balaban J connectivity index is 2.06. The number of carbonyl (C=O) groups is 2. The van der Waals surface area contributed by atoms with Crippen LogP contribution in [-0.2, 0) is 9.59 Å². The number of hydrogen-bond donors (Lipinski definition) is 0. The van der Waals surface area contributed by atoms with Gasteiger partial charge in [0.05, 0.1) is 11.9 Å². The minimum absolute atomic E-state index is 0.0952. The van der Waals surface area contributed by atoms with Crippen molar-refractivity contribution in [3.05, 3.63) is 22.9 Å². The van der Waals surface area contributed by atoms with Gasteiger partial charge in [-0.25, -0.2) is 0 Å². The molecule has 0 aliphatic carbocycles. The van der Waals surface area contributed by atoms with Crippen molar-refractivity contribution in [2.45, 2.75) is 13.3 Å². The quantitative estimate of drug-likeness (QED) is 0.855. The van der Waals surface area contributed by atoms with E-state index in [4.69, 9.17) is 0 Å². The number of rotatable bonds is 3. The van der Waals surface area contributed by atoms with E-state index >= 15 is 0 Å². The average molecular weight is 329 g/mol. The number of anilines is 1. The van der Waals surface area contributed by atoms with Gasteiger partial charge in [-0.05, 0) is 27.9 Å². The summed E-state index contributed by atoms with van der Waals surface area (Å²) >= 11 is 4.71. The first-order valence-corrected chi connectivity index (χ1v) is 7.39. The molecule has 1 amide bonds. The summed E-state index contributed by atoms with van der Waals surface area (Å²) in [6.07, 6.45) is 3.86. The highest BCUT2D eigenvalue weighted by molar-refractivity contribution is 9.10. The number of hydrogen-bond acceptors (Lipinski definition) is 4. The third-order valence-corrected chi connectivity index (χ3v) is 4.48. The zero-order chi connectivity index (χ0) is 13.1. The zero-order valence-electron chi connectivity index (χ0n) is 9.93. The number of halogens is 1. The second-order valence-electron chi connectivity index (χ2n) is 4.20. The summed E-state index contributed by atoms with van der Waals surface area (Å²) in [7, 11) is 0. The lowest BCUT2D eigenvalue weighted by Crippen LogP contribution is -2.25. The van der Waals surface area contributed by atoms with E-state index < -0.39 is 0 Å². The first kappa shape index (κ1) is 13.5. The number of amides is 1. The monoisotopic (exact) mass is 328 g/mol. The minimum atomic E-state index is 0.0952. The Bertz CT molecular complexity index is 481. The summed E-state index contributed by atoms with van der Waals surface area (Å²) in [5.41, 5.74) is 0.804. The molecule has 0 saturated carbocycles. The second kappa shape index (κ2) is 5.84. The summed E-state index contributed by atoms with van der Waals surface area (Å²) in [6, 6.07) is 1.82. The van der Waals surface area contributed by atoms with E-state index in [1.165, 1.54) is 11.8 Å². The Labute approximate surface area is 118 Å². The van der Waals surface area contributed by atoms with Crippen LogP contribution in [0, 0.1) is 5.92 Å². The fourth-order valence-electron chi connectivity index (χ4n) is 1.93. The third-order valence-electron chi connectivity index (χ3n) is 2.77. The van der Waals surface area contributed by atoms with Crippen LogP contribution in [0.25, 0.3) is 0 Å². The van der Waals surface area contributed by atoms with E-state index in [0.29, 0.717) is 18.7 Å². The van der Waals surface area contributed by atoms with Gasteiger partial charge < -0.3 is 4.90 Å². The lowest BCUT2D eigenvalue weighted by molar-refractivity contribution is -0.117. The molecule has 0 bridgehead atoms. The molecule has 1 saturated heterocycles. The van der Waals surface area contributed by atoms with Crippen molar-refractivity contribution in [1.29, 1.82) is 0 Å². The van der Waals surface area contributed by atoms with Gasteiger partial charge in [0, 0.05) is 36.3 Å². The fraction of sp³-hybridized carbons (Fsp3) is 0.417. The van der Waals surface area contributed by atoms with E-state index in [2.05, 4.69) is 20.9 Å². The van der Waals surface area contributed by atoms with Crippen LogP contribution in [-0.4, -0.2) is 28.3 Å². The zero-order valence-corrected chi connectivity index (χ0v) is 12.3. The lowest BCUT2D eigenvalue weighted by atomic mass is 10.1. The van der Waals surface area contributed by atoms with Gasteiger partial charge in [-0.3, -0.25) is 14.6 Å². The van der Waals surface area contributed by atoms with Gasteiger partial charge in [0.25, 0.3) is 0 Å². The van der Waals surface area contributed by atoms with Gasteiger partial charge in [-0.15, -0.1) is 0 Å². The van der Waals surface area contributed by atoms with Gasteiger partial charge in [-0.1, -0.05) is 11.8 Å². The molecule has 1 atom stereocenters. The van der Waals surface area contributed by atoms with E-state index in [0.717, 1.165) is 10.2 Å². The van der Waals surface area contributed by atoms with Crippen molar-refractivity contribution in [3.8, 4) is 0 Å². The van der Waals surface area contributed by atoms with Gasteiger partial charge in [-0.2, -0.15) is 0 Å². The first-order chi connectivity index (χ1) is 8.58. The molecule has 1 unspecified atom stereocenters. The van der Waals surface area contributed by atoms with Crippen LogP contribution < -0.4 is 4.90 Å². The molecule has 4 nitrogen and oxygen atoms in total. The lowest BCUT2D eigenvalue weighted by Gasteiger charge is -2.17. The highest BCUT2D eigenvalue weighted by atomic mass is 79.9. The van der Waals surface area contributed by atoms with Crippen LogP contribution >= 0.6 is 27.7 Å². The molecule has 96 valence electrons. The summed E-state index contributed by atoms with van der Waals surface area (Å²) in [4.78, 5) is 28.7. The van der Waals surface area contributed by atoms with Crippen LogP contribution in [0.3, 0.4) is 0 Å². The molecule has 0 aromatic carbocycles. The molecule has 1 aromatic rings. The molecule has 1 aliphatic rings. The highest BCUT2D eigenvalue weighted by Crippen LogP contribution is 2.31. The largest absolute Gasteiger partial charge is 0.310 e. The Morgan fingerprint density at radius 1 is 1.67 bits per heavy atom. The molecular formula is C12H13BrN2O2S. The topological polar surface area (TPSA) is 50.3 Å². The maximum Gasteiger partial charge on any atom is 0.227 e. The SMILES string of the molecule is CC(=O)SCC1CC(=O)N(c2cnccc2Br)C1. The molecule has 2 rings (SSSR count). The summed E-state index contributed by atoms with van der Waals surface area (Å²) in [5, 5.41) is 0.100. The highest BCUT2D eigenvalue weighted by Gasteiger charge is 2.31. The molecule has 1 aromatic heterocycles. The van der Waals surface area contributed by atoms with Crippen molar-refractivity contribution < 1.29 is 9.59 Å². The maximum absolute atomic E-state index is 12.0. The standard InChI is InChI=1S/C12H13BrN2O2S/c1-8(16)18-7-9-4-12(17)15(6-9)11-5-14-3-2-10(11)13/h2-3,5,9H,4,6-7H2,1H3. The smallest absolute Gasteiger partial charge is 0.227 e. The van der Waals surface area contributed by atoms with Crippen molar-refractivity contribution in [1.82, 2.24) is 4.98 Å². The maximum atomic E-state index is 12.0. The van der Waals surface area contributed by atoms with E-state index in [1.807, 2.05) is 6.07 Å². The van der Waals surface area contributed by atoms with Crippen LogP contribution in [0.5, 0.6) is 0 Å². The molecule has 1 aliphatic heterocycles. The fourth-order valence-corrected chi connectivity index (χ4v) is 3.06. The van der Waals surface area contributed by atoms with Gasteiger partial charge >= 0.3 is 0 Å². The minimum Gasteiger partial charge on any atom is -0.310 e. The summed E-state index contributed by atoms with van der Waals surface area (Å²) in [6.45, 7) is 2.21. The van der Waals surface area contributed by atoms with E-state index in [-0.39, 0.29) is 16.9 Å². The van der Waals surface area contributed by atoms with E-state index in [9.17, 15) is 9.59 Å². The molecule has 6 heteroatoms. The third kappa shape index (κ3) is 3.11. The Morgan fingerprint density at radius 2 is 2.44 bits per heavy atom. The van der Waals surface area contributed by atoms with Crippen molar-refractivity contribution in [2.75, 3.05) is 17.2 Å². The molecule has 0 spiro atoms.